The largest absolute Gasteiger partial charge is 0.497 e. The lowest BCUT2D eigenvalue weighted by Gasteiger charge is -2.10. The van der Waals surface area contributed by atoms with Gasteiger partial charge >= 0.3 is 5.97 Å². The summed E-state index contributed by atoms with van der Waals surface area (Å²) >= 11 is 0. The van der Waals surface area contributed by atoms with Gasteiger partial charge < -0.3 is 14.5 Å². The van der Waals surface area contributed by atoms with Gasteiger partial charge in [-0.2, -0.15) is 0 Å². The molecule has 2 aromatic rings. The van der Waals surface area contributed by atoms with Crippen molar-refractivity contribution in [2.24, 2.45) is 0 Å². The molecule has 1 heterocycles. The van der Waals surface area contributed by atoms with Crippen LogP contribution in [0.1, 0.15) is 37.4 Å². The van der Waals surface area contributed by atoms with Crippen molar-refractivity contribution in [1.82, 2.24) is 4.98 Å². The Morgan fingerprint density at radius 3 is 2.80 bits per heavy atom. The lowest BCUT2D eigenvalue weighted by Crippen LogP contribution is -2.09. The van der Waals surface area contributed by atoms with Crippen LogP contribution < -0.4 is 4.74 Å². The predicted molar refractivity (Wildman–Crippen MR) is 79.3 cm³/mol. The standard InChI is InChI=1S/C16H21NO3/c1-5-20-15(18)8-10(2)16-11(3)13-9-12(19-4)6-7-14(13)17-16/h6-7,9-10,17H,5,8H2,1-4H3. The van der Waals surface area contributed by atoms with Gasteiger partial charge in [0.1, 0.15) is 5.75 Å². The molecule has 0 saturated carbocycles. The van der Waals surface area contributed by atoms with Gasteiger partial charge in [0.05, 0.1) is 20.1 Å². The number of fused-ring (bicyclic) bond motifs is 1. The van der Waals surface area contributed by atoms with Crippen molar-refractivity contribution in [2.75, 3.05) is 13.7 Å². The van der Waals surface area contributed by atoms with Gasteiger partial charge in [-0.1, -0.05) is 6.92 Å². The topological polar surface area (TPSA) is 51.3 Å². The van der Waals surface area contributed by atoms with Crippen molar-refractivity contribution in [3.05, 3.63) is 29.5 Å². The molecule has 0 amide bonds. The molecule has 0 bridgehead atoms. The number of nitrogens with one attached hydrogen (secondary N) is 1. The fourth-order valence-corrected chi connectivity index (χ4v) is 2.52. The Labute approximate surface area is 119 Å². The molecular weight excluding hydrogens is 254 g/mol. The first kappa shape index (κ1) is 14.4. The van der Waals surface area contributed by atoms with Crippen LogP contribution in [0, 0.1) is 6.92 Å². The molecule has 1 aromatic carbocycles. The van der Waals surface area contributed by atoms with Crippen LogP contribution in [0.25, 0.3) is 10.9 Å². The summed E-state index contributed by atoms with van der Waals surface area (Å²) in [7, 11) is 1.66. The molecule has 1 N–H and O–H groups in total. The number of aromatic nitrogens is 1. The molecule has 4 heteroatoms. The van der Waals surface area contributed by atoms with E-state index in [1.54, 1.807) is 7.11 Å². The van der Waals surface area contributed by atoms with E-state index in [9.17, 15) is 4.79 Å². The third-order valence-corrected chi connectivity index (χ3v) is 3.58. The number of ether oxygens (including phenoxy) is 2. The molecule has 20 heavy (non-hydrogen) atoms. The molecule has 0 aliphatic heterocycles. The van der Waals surface area contributed by atoms with E-state index >= 15 is 0 Å². The zero-order chi connectivity index (χ0) is 14.7. The Bertz CT molecular complexity index is 615. The number of hydrogen-bond acceptors (Lipinski definition) is 3. The third kappa shape index (κ3) is 2.79. The Morgan fingerprint density at radius 2 is 2.15 bits per heavy atom. The van der Waals surface area contributed by atoms with Crippen LogP contribution in [0.15, 0.2) is 18.2 Å². The smallest absolute Gasteiger partial charge is 0.306 e. The first-order valence-corrected chi connectivity index (χ1v) is 6.88. The van der Waals surface area contributed by atoms with Gasteiger partial charge in [-0.15, -0.1) is 0 Å². The molecule has 1 unspecified atom stereocenters. The monoisotopic (exact) mass is 275 g/mol. The third-order valence-electron chi connectivity index (χ3n) is 3.58. The summed E-state index contributed by atoms with van der Waals surface area (Å²) in [4.78, 5) is 15.0. The summed E-state index contributed by atoms with van der Waals surface area (Å²) in [5.74, 6) is 0.785. The first-order valence-electron chi connectivity index (χ1n) is 6.88. The van der Waals surface area contributed by atoms with E-state index < -0.39 is 0 Å². The number of aromatic amines is 1. The summed E-state index contributed by atoms with van der Waals surface area (Å²) in [5.41, 5.74) is 3.31. The number of H-pyrrole nitrogens is 1. The molecule has 1 aromatic heterocycles. The lowest BCUT2D eigenvalue weighted by molar-refractivity contribution is -0.143. The number of rotatable bonds is 5. The van der Waals surface area contributed by atoms with Crippen molar-refractivity contribution >= 4 is 16.9 Å². The molecule has 1 atom stereocenters. The molecule has 0 radical (unpaired) electrons. The fourth-order valence-electron chi connectivity index (χ4n) is 2.52. The normalized spacial score (nSPS) is 12.4. The number of aryl methyl sites for hydroxylation is 1. The molecule has 0 fully saturated rings. The predicted octanol–water partition coefficient (Wildman–Crippen LogP) is 3.54. The van der Waals surface area contributed by atoms with E-state index in [4.69, 9.17) is 9.47 Å². The number of esters is 1. The fraction of sp³-hybridized carbons (Fsp3) is 0.438. The van der Waals surface area contributed by atoms with Crippen molar-refractivity contribution in [3.8, 4) is 5.75 Å². The van der Waals surface area contributed by atoms with E-state index in [-0.39, 0.29) is 11.9 Å². The Kier molecular flexibility index (Phi) is 4.32. The summed E-state index contributed by atoms with van der Waals surface area (Å²) in [5, 5.41) is 1.13. The Balaban J connectivity index is 2.30. The summed E-state index contributed by atoms with van der Waals surface area (Å²) in [6.45, 7) is 6.35. The van der Waals surface area contributed by atoms with Gasteiger partial charge in [0.15, 0.2) is 0 Å². The maximum absolute atomic E-state index is 11.6. The number of hydrogen-bond donors (Lipinski definition) is 1. The highest BCUT2D eigenvalue weighted by Gasteiger charge is 2.17. The zero-order valence-corrected chi connectivity index (χ0v) is 12.4. The quantitative estimate of drug-likeness (QED) is 0.849. The van der Waals surface area contributed by atoms with Gasteiger partial charge in [-0.05, 0) is 37.6 Å². The zero-order valence-electron chi connectivity index (χ0n) is 12.4. The van der Waals surface area contributed by atoms with E-state index in [2.05, 4.69) is 11.9 Å². The van der Waals surface area contributed by atoms with E-state index in [0.717, 1.165) is 27.9 Å². The number of benzene rings is 1. The molecule has 0 aliphatic rings. The van der Waals surface area contributed by atoms with Crippen molar-refractivity contribution < 1.29 is 14.3 Å². The van der Waals surface area contributed by atoms with Crippen LogP contribution in [-0.2, 0) is 9.53 Å². The van der Waals surface area contributed by atoms with Crippen LogP contribution >= 0.6 is 0 Å². The highest BCUT2D eigenvalue weighted by atomic mass is 16.5. The maximum atomic E-state index is 11.6. The van der Waals surface area contributed by atoms with Crippen LogP contribution in [0.2, 0.25) is 0 Å². The molecule has 0 aliphatic carbocycles. The van der Waals surface area contributed by atoms with Crippen molar-refractivity contribution in [2.45, 2.75) is 33.1 Å². The maximum Gasteiger partial charge on any atom is 0.306 e. The molecule has 4 nitrogen and oxygen atoms in total. The minimum Gasteiger partial charge on any atom is -0.497 e. The van der Waals surface area contributed by atoms with Gasteiger partial charge in [-0.25, -0.2) is 0 Å². The summed E-state index contributed by atoms with van der Waals surface area (Å²) < 4.78 is 10.3. The minimum atomic E-state index is -0.157. The van der Waals surface area contributed by atoms with Crippen molar-refractivity contribution in [3.63, 3.8) is 0 Å². The van der Waals surface area contributed by atoms with Gasteiger partial charge in [-0.3, -0.25) is 4.79 Å². The highest BCUT2D eigenvalue weighted by Crippen LogP contribution is 2.31. The van der Waals surface area contributed by atoms with Gasteiger partial charge in [0, 0.05) is 22.5 Å². The number of methoxy groups -OCH3 is 1. The van der Waals surface area contributed by atoms with Crippen molar-refractivity contribution in [1.29, 1.82) is 0 Å². The second-order valence-electron chi connectivity index (χ2n) is 4.99. The first-order chi connectivity index (χ1) is 9.56. The molecule has 108 valence electrons. The summed E-state index contributed by atoms with van der Waals surface area (Å²) in [6.07, 6.45) is 0.388. The SMILES string of the molecule is CCOC(=O)CC(C)c1[nH]c2ccc(OC)cc2c1C. The van der Waals surface area contributed by atoms with E-state index in [1.807, 2.05) is 32.0 Å². The highest BCUT2D eigenvalue weighted by molar-refractivity contribution is 5.86. The molecule has 0 spiro atoms. The van der Waals surface area contributed by atoms with E-state index in [1.165, 1.54) is 0 Å². The van der Waals surface area contributed by atoms with Crippen LogP contribution in [0.3, 0.4) is 0 Å². The molecule has 0 saturated heterocycles. The Morgan fingerprint density at radius 1 is 1.40 bits per heavy atom. The van der Waals surface area contributed by atoms with E-state index in [0.29, 0.717) is 13.0 Å². The van der Waals surface area contributed by atoms with Crippen LogP contribution in [-0.4, -0.2) is 24.7 Å². The average Bonchev–Trinajstić information content (AvgIpc) is 2.76. The summed E-state index contributed by atoms with van der Waals surface area (Å²) in [6, 6.07) is 5.95. The molecule has 2 rings (SSSR count). The van der Waals surface area contributed by atoms with Gasteiger partial charge in [0.25, 0.3) is 0 Å². The minimum absolute atomic E-state index is 0.104. The number of carbonyl (C=O) groups is 1. The van der Waals surface area contributed by atoms with Gasteiger partial charge in [0.2, 0.25) is 0 Å². The van der Waals surface area contributed by atoms with Crippen LogP contribution in [0.4, 0.5) is 0 Å². The second-order valence-corrected chi connectivity index (χ2v) is 4.99. The Hall–Kier alpha value is -1.97. The lowest BCUT2D eigenvalue weighted by atomic mass is 10.00. The molecular formula is C16H21NO3. The number of carbonyl (C=O) groups excluding carboxylic acids is 1. The van der Waals surface area contributed by atoms with Crippen LogP contribution in [0.5, 0.6) is 5.75 Å². The average molecular weight is 275 g/mol. The second kappa shape index (κ2) is 5.99.